The second-order valence-electron chi connectivity index (χ2n) is 12.5. The van der Waals surface area contributed by atoms with Gasteiger partial charge in [0.25, 0.3) is 0 Å². The lowest BCUT2D eigenvalue weighted by Crippen LogP contribution is -2.21. The van der Waals surface area contributed by atoms with E-state index >= 15 is 0 Å². The van der Waals surface area contributed by atoms with Crippen LogP contribution in [-0.2, 0) is 0 Å². The molecule has 2 aliphatic carbocycles. The Hall–Kier alpha value is -5.86. The van der Waals surface area contributed by atoms with Crippen molar-refractivity contribution in [3.63, 3.8) is 0 Å². The third-order valence-corrected chi connectivity index (χ3v) is 9.00. The number of allylic oxidation sites excluding steroid dienone is 18. The minimum absolute atomic E-state index is 0.805. The van der Waals surface area contributed by atoms with Crippen LogP contribution in [0.4, 0.5) is 11.4 Å². The van der Waals surface area contributed by atoms with Gasteiger partial charge in [-0.1, -0.05) is 161 Å². The highest BCUT2D eigenvalue weighted by Crippen LogP contribution is 2.35. The van der Waals surface area contributed by atoms with Crippen molar-refractivity contribution in [2.45, 2.75) is 40.5 Å². The summed E-state index contributed by atoms with van der Waals surface area (Å²) in [6, 6.07) is 28.0. The van der Waals surface area contributed by atoms with E-state index in [1.807, 2.05) is 32.1 Å². The SMILES string of the molecule is C=C/C=C(\C=C/CN(C)c1ccc(C)cc1)C1=CC=C(N(C2=CC=C(c3ccccc3)CC=C2)c2ccc(/C(C=C)=C/C=C)cc2)C(C)=CC1.CC. The summed E-state index contributed by atoms with van der Waals surface area (Å²) in [5.41, 5.74) is 14.1. The van der Waals surface area contributed by atoms with Gasteiger partial charge in [-0.15, -0.1) is 0 Å². The molecular weight excluding hydrogens is 629 g/mol. The third-order valence-electron chi connectivity index (χ3n) is 9.00. The molecule has 0 heterocycles. The maximum Gasteiger partial charge on any atom is 0.0487 e. The van der Waals surface area contributed by atoms with Gasteiger partial charge in [0.2, 0.25) is 0 Å². The largest absolute Gasteiger partial charge is 0.371 e. The normalized spacial score (nSPS) is 14.7. The zero-order chi connectivity index (χ0) is 37.3. The second kappa shape index (κ2) is 20.1. The van der Waals surface area contributed by atoms with Crippen molar-refractivity contribution in [2.75, 3.05) is 23.4 Å². The molecule has 2 aliphatic rings. The first-order valence-electron chi connectivity index (χ1n) is 18.3. The maximum absolute atomic E-state index is 4.03. The van der Waals surface area contributed by atoms with Gasteiger partial charge in [-0.3, -0.25) is 0 Å². The van der Waals surface area contributed by atoms with Gasteiger partial charge in [0.15, 0.2) is 0 Å². The summed E-state index contributed by atoms with van der Waals surface area (Å²) >= 11 is 0. The number of anilines is 2. The molecule has 0 fully saturated rings. The van der Waals surface area contributed by atoms with Crippen molar-refractivity contribution in [1.29, 1.82) is 0 Å². The Balaban J connectivity index is 0.00000297. The fourth-order valence-corrected chi connectivity index (χ4v) is 6.12. The summed E-state index contributed by atoms with van der Waals surface area (Å²) in [6.45, 7) is 21.0. The van der Waals surface area contributed by atoms with Crippen LogP contribution in [0.15, 0.2) is 212 Å². The monoisotopic (exact) mass is 682 g/mol. The molecule has 264 valence electrons. The Labute approximate surface area is 313 Å². The van der Waals surface area contributed by atoms with Gasteiger partial charge in [-0.2, -0.15) is 0 Å². The summed E-state index contributed by atoms with van der Waals surface area (Å²) in [6.07, 6.45) is 31.7. The van der Waals surface area contributed by atoms with E-state index in [0.717, 1.165) is 53.2 Å². The predicted octanol–water partition coefficient (Wildman–Crippen LogP) is 13.5. The lowest BCUT2D eigenvalue weighted by atomic mass is 10.0. The highest BCUT2D eigenvalue weighted by atomic mass is 15.2. The van der Waals surface area contributed by atoms with E-state index in [0.29, 0.717) is 0 Å². The molecule has 5 rings (SSSR count). The van der Waals surface area contributed by atoms with Gasteiger partial charge in [-0.05, 0) is 108 Å². The van der Waals surface area contributed by atoms with Gasteiger partial charge in [0.05, 0.1) is 0 Å². The molecule has 52 heavy (non-hydrogen) atoms. The average Bonchev–Trinajstić information content (AvgIpc) is 3.54. The molecule has 0 atom stereocenters. The number of likely N-dealkylation sites (N-methyl/N-ethyl adjacent to an activating group) is 1. The van der Waals surface area contributed by atoms with E-state index in [-0.39, 0.29) is 0 Å². The van der Waals surface area contributed by atoms with E-state index in [2.05, 4.69) is 190 Å². The molecule has 0 N–H and O–H groups in total. The van der Waals surface area contributed by atoms with E-state index < -0.39 is 0 Å². The van der Waals surface area contributed by atoms with Crippen LogP contribution in [0.1, 0.15) is 50.3 Å². The fourth-order valence-electron chi connectivity index (χ4n) is 6.12. The van der Waals surface area contributed by atoms with Crippen LogP contribution in [0.3, 0.4) is 0 Å². The molecule has 0 saturated heterocycles. The van der Waals surface area contributed by atoms with E-state index in [4.69, 9.17) is 0 Å². The third kappa shape index (κ3) is 10.3. The van der Waals surface area contributed by atoms with Crippen molar-refractivity contribution in [1.82, 2.24) is 0 Å². The molecule has 2 nitrogen and oxygen atoms in total. The minimum atomic E-state index is 0.805. The summed E-state index contributed by atoms with van der Waals surface area (Å²) in [4.78, 5) is 4.62. The molecule has 0 spiro atoms. The summed E-state index contributed by atoms with van der Waals surface area (Å²) in [5, 5.41) is 0. The number of nitrogens with zero attached hydrogens (tertiary/aromatic N) is 2. The van der Waals surface area contributed by atoms with Crippen LogP contribution in [0.25, 0.3) is 11.1 Å². The number of benzene rings is 3. The first-order chi connectivity index (χ1) is 25.4. The summed E-state index contributed by atoms with van der Waals surface area (Å²) < 4.78 is 0. The molecule has 0 aromatic heterocycles. The van der Waals surface area contributed by atoms with Crippen LogP contribution >= 0.6 is 0 Å². The number of rotatable bonds is 13. The van der Waals surface area contributed by atoms with Crippen molar-refractivity contribution in [3.05, 3.63) is 228 Å². The van der Waals surface area contributed by atoms with Gasteiger partial charge < -0.3 is 9.80 Å². The van der Waals surface area contributed by atoms with Gasteiger partial charge in [0.1, 0.15) is 0 Å². The highest BCUT2D eigenvalue weighted by molar-refractivity contribution is 5.77. The minimum Gasteiger partial charge on any atom is -0.371 e. The van der Waals surface area contributed by atoms with Crippen LogP contribution < -0.4 is 9.80 Å². The molecule has 2 heteroatoms. The first kappa shape index (κ1) is 38.9. The fraction of sp³-hybridized carbons (Fsp3) is 0.160. The molecular formula is C50H54N2. The van der Waals surface area contributed by atoms with Crippen LogP contribution in [0.2, 0.25) is 0 Å². The van der Waals surface area contributed by atoms with Crippen molar-refractivity contribution < 1.29 is 0 Å². The molecule has 0 bridgehead atoms. The lowest BCUT2D eigenvalue weighted by molar-refractivity contribution is 1.03. The van der Waals surface area contributed by atoms with Crippen LogP contribution in [-0.4, -0.2) is 13.6 Å². The molecule has 3 aromatic carbocycles. The van der Waals surface area contributed by atoms with E-state index in [1.165, 1.54) is 33.5 Å². The Morgan fingerprint density at radius 3 is 2.08 bits per heavy atom. The Morgan fingerprint density at radius 1 is 0.731 bits per heavy atom. The molecule has 0 aliphatic heterocycles. The maximum atomic E-state index is 4.03. The molecule has 3 aromatic rings. The van der Waals surface area contributed by atoms with Gasteiger partial charge >= 0.3 is 0 Å². The molecule has 0 unspecified atom stereocenters. The van der Waals surface area contributed by atoms with Crippen molar-refractivity contribution >= 4 is 22.5 Å². The standard InChI is InChI=1S/C48H48N2.C2H6/c1-7-15-39(9-3)43-27-33-47(34-28-43)50(46-21-13-19-42(26-32-46)41-17-11-10-12-18-41)48-35-29-44(25-24-38(48)5)40(16-8-2)20-14-36-49(6)45-30-22-37(4)23-31-45;1-2/h7-18,20-24,26-35H,1-3,19,25,36H2,4-6H3;1-2H3/b20-14-,39-15+,40-16+;. The van der Waals surface area contributed by atoms with Crippen molar-refractivity contribution in [2.24, 2.45) is 0 Å². The van der Waals surface area contributed by atoms with E-state index in [9.17, 15) is 0 Å². The van der Waals surface area contributed by atoms with Gasteiger partial charge in [0, 0.05) is 36.4 Å². The second-order valence-corrected chi connectivity index (χ2v) is 12.5. The quantitative estimate of drug-likeness (QED) is 0.166. The Morgan fingerprint density at radius 2 is 1.40 bits per heavy atom. The molecule has 0 amide bonds. The first-order valence-corrected chi connectivity index (χ1v) is 18.3. The highest BCUT2D eigenvalue weighted by Gasteiger charge is 2.20. The average molecular weight is 683 g/mol. The summed E-state index contributed by atoms with van der Waals surface area (Å²) in [7, 11) is 2.13. The zero-order valence-corrected chi connectivity index (χ0v) is 31.7. The predicted molar refractivity (Wildman–Crippen MR) is 231 cm³/mol. The number of aryl methyl sites for hydroxylation is 1. The number of hydrogen-bond donors (Lipinski definition) is 0. The smallest absolute Gasteiger partial charge is 0.0487 e. The summed E-state index contributed by atoms with van der Waals surface area (Å²) in [5.74, 6) is 0. The topological polar surface area (TPSA) is 6.48 Å². The Kier molecular flexibility index (Phi) is 15.1. The molecule has 0 radical (unpaired) electrons. The van der Waals surface area contributed by atoms with Crippen molar-refractivity contribution in [3.8, 4) is 0 Å². The van der Waals surface area contributed by atoms with Gasteiger partial charge in [-0.25, -0.2) is 0 Å². The molecule has 0 saturated carbocycles. The van der Waals surface area contributed by atoms with Crippen LogP contribution in [0.5, 0.6) is 0 Å². The van der Waals surface area contributed by atoms with Crippen LogP contribution in [0, 0.1) is 6.92 Å². The Bertz CT molecular complexity index is 1960. The zero-order valence-electron chi connectivity index (χ0n) is 31.7. The lowest BCUT2D eigenvalue weighted by Gasteiger charge is -2.29. The number of hydrogen-bond acceptors (Lipinski definition) is 2. The van der Waals surface area contributed by atoms with E-state index in [1.54, 1.807) is 6.08 Å².